The minimum Gasteiger partial charge on any atom is -0.336 e. The van der Waals surface area contributed by atoms with E-state index < -0.39 is 0 Å². The molecule has 0 spiro atoms. The summed E-state index contributed by atoms with van der Waals surface area (Å²) >= 11 is 3.06. The average Bonchev–Trinajstić information content (AvgIpc) is 3.38. The molecule has 0 bridgehead atoms. The van der Waals surface area contributed by atoms with Crippen LogP contribution in [0.4, 0.5) is 0 Å². The molecule has 0 saturated heterocycles. The van der Waals surface area contributed by atoms with Gasteiger partial charge in [-0.3, -0.25) is 4.79 Å². The van der Waals surface area contributed by atoms with Gasteiger partial charge in [-0.2, -0.15) is 0 Å². The lowest BCUT2D eigenvalue weighted by Crippen LogP contribution is -2.31. The molecule has 4 rings (SSSR count). The van der Waals surface area contributed by atoms with Crippen LogP contribution in [-0.4, -0.2) is 48.8 Å². The third-order valence-corrected chi connectivity index (χ3v) is 7.47. The van der Waals surface area contributed by atoms with Crippen LogP contribution in [0, 0.1) is 0 Å². The number of carbonyl (C=O) groups is 1. The van der Waals surface area contributed by atoms with Crippen LogP contribution >= 0.6 is 23.1 Å². The van der Waals surface area contributed by atoms with Crippen LogP contribution in [0.25, 0.3) is 10.2 Å². The number of fused-ring (bicyclic) bond motifs is 1. The summed E-state index contributed by atoms with van der Waals surface area (Å²) in [4.78, 5) is 19.2. The third kappa shape index (κ3) is 4.05. The largest absolute Gasteiger partial charge is 0.336 e. The Morgan fingerprint density at radius 1 is 1.32 bits per heavy atom. The Bertz CT molecular complexity index is 916. The Morgan fingerprint density at radius 3 is 2.89 bits per heavy atom. The van der Waals surface area contributed by atoms with Gasteiger partial charge in [0, 0.05) is 7.05 Å². The number of nitrogens with zero attached hydrogens (tertiary/aromatic N) is 6. The number of carbonyl (C=O) groups excluding carboxylic acids is 1. The second-order valence-electron chi connectivity index (χ2n) is 7.19. The van der Waals surface area contributed by atoms with Gasteiger partial charge in [-0.25, -0.2) is 9.67 Å². The Labute approximate surface area is 172 Å². The summed E-state index contributed by atoms with van der Waals surface area (Å²) < 4.78 is 3.06. The van der Waals surface area contributed by atoms with Crippen molar-refractivity contribution in [2.45, 2.75) is 56.3 Å². The van der Waals surface area contributed by atoms with Gasteiger partial charge in [0.1, 0.15) is 5.01 Å². The fourth-order valence-corrected chi connectivity index (χ4v) is 5.44. The quantitative estimate of drug-likeness (QED) is 0.563. The monoisotopic (exact) mass is 416 g/mol. The number of tetrazole rings is 1. The van der Waals surface area contributed by atoms with E-state index in [4.69, 9.17) is 0 Å². The summed E-state index contributed by atoms with van der Waals surface area (Å²) in [6.45, 7) is 2.02. The topological polar surface area (TPSA) is 76.8 Å². The molecule has 1 unspecified atom stereocenters. The van der Waals surface area contributed by atoms with Crippen molar-refractivity contribution in [3.05, 3.63) is 29.3 Å². The highest BCUT2D eigenvalue weighted by molar-refractivity contribution is 7.99. The Morgan fingerprint density at radius 2 is 2.11 bits per heavy atom. The van der Waals surface area contributed by atoms with E-state index in [1.807, 2.05) is 36.9 Å². The van der Waals surface area contributed by atoms with Crippen LogP contribution < -0.4 is 0 Å². The highest BCUT2D eigenvalue weighted by Gasteiger charge is 2.24. The molecule has 1 fully saturated rings. The second kappa shape index (κ2) is 8.57. The molecule has 0 radical (unpaired) electrons. The predicted octanol–water partition coefficient (Wildman–Crippen LogP) is 4.10. The smallest absolute Gasteiger partial charge is 0.233 e. The van der Waals surface area contributed by atoms with Crippen molar-refractivity contribution in [2.24, 2.45) is 0 Å². The van der Waals surface area contributed by atoms with Crippen molar-refractivity contribution in [3.8, 4) is 0 Å². The molecule has 1 aromatic carbocycles. The number of rotatable bonds is 6. The van der Waals surface area contributed by atoms with Crippen molar-refractivity contribution in [1.82, 2.24) is 30.1 Å². The molecule has 28 heavy (non-hydrogen) atoms. The predicted molar refractivity (Wildman–Crippen MR) is 111 cm³/mol. The summed E-state index contributed by atoms with van der Waals surface area (Å²) in [5.41, 5.74) is 0.983. The number of thiazole rings is 1. The number of hydrogen-bond acceptors (Lipinski definition) is 7. The van der Waals surface area contributed by atoms with Crippen molar-refractivity contribution < 1.29 is 4.79 Å². The lowest BCUT2D eigenvalue weighted by Gasteiger charge is -2.24. The van der Waals surface area contributed by atoms with Gasteiger partial charge in [-0.1, -0.05) is 43.2 Å². The van der Waals surface area contributed by atoms with Crippen LogP contribution in [0.3, 0.4) is 0 Å². The van der Waals surface area contributed by atoms with E-state index in [9.17, 15) is 4.79 Å². The fraction of sp³-hybridized carbons (Fsp3) is 0.526. The maximum absolute atomic E-state index is 12.8. The summed E-state index contributed by atoms with van der Waals surface area (Å²) in [5.74, 6) is 0.369. The molecule has 2 heterocycles. The van der Waals surface area contributed by atoms with Gasteiger partial charge in [0.05, 0.1) is 28.1 Å². The second-order valence-corrected chi connectivity index (χ2v) is 9.19. The first-order valence-corrected chi connectivity index (χ1v) is 11.5. The normalized spacial score (nSPS) is 16.4. The van der Waals surface area contributed by atoms with Crippen LogP contribution in [0.15, 0.2) is 29.4 Å². The van der Waals surface area contributed by atoms with Gasteiger partial charge in [-0.05, 0) is 42.3 Å². The van der Waals surface area contributed by atoms with Gasteiger partial charge in [0.15, 0.2) is 0 Å². The summed E-state index contributed by atoms with van der Waals surface area (Å²) in [6, 6.07) is 8.35. The molecule has 1 amide bonds. The van der Waals surface area contributed by atoms with E-state index in [0.717, 1.165) is 33.2 Å². The molecule has 1 aliphatic rings. The zero-order valence-electron chi connectivity index (χ0n) is 16.1. The standard InChI is InChI=1S/C19H24N6OS2/c1-13(18-20-15-10-6-7-11-16(15)28-18)24(2)17(26)12-27-19-21-22-23-25(19)14-8-4-3-5-9-14/h6-7,10-11,13-14H,3-5,8-9,12H2,1-2H3. The van der Waals surface area contributed by atoms with Gasteiger partial charge in [-0.15, -0.1) is 16.4 Å². The molecule has 1 atom stereocenters. The highest BCUT2D eigenvalue weighted by Crippen LogP contribution is 2.31. The first kappa shape index (κ1) is 19.3. The maximum Gasteiger partial charge on any atom is 0.233 e. The number of thioether (sulfide) groups is 1. The van der Waals surface area contributed by atoms with Crippen molar-refractivity contribution in [3.63, 3.8) is 0 Å². The SMILES string of the molecule is CC(c1nc2ccccc2s1)N(C)C(=O)CSc1nnnn1C1CCCCC1. The first-order chi connectivity index (χ1) is 13.6. The first-order valence-electron chi connectivity index (χ1n) is 9.65. The third-order valence-electron chi connectivity index (χ3n) is 5.35. The van der Waals surface area contributed by atoms with Gasteiger partial charge in [0.25, 0.3) is 0 Å². The Hall–Kier alpha value is -2.00. The molecule has 148 valence electrons. The van der Waals surface area contributed by atoms with Gasteiger partial charge >= 0.3 is 0 Å². The molecule has 9 heteroatoms. The van der Waals surface area contributed by atoms with Crippen LogP contribution in [0.2, 0.25) is 0 Å². The van der Waals surface area contributed by atoms with Gasteiger partial charge in [0.2, 0.25) is 11.1 Å². The molecule has 3 aromatic rings. The van der Waals surface area contributed by atoms with Crippen molar-refractivity contribution in [2.75, 3.05) is 12.8 Å². The number of hydrogen-bond donors (Lipinski definition) is 0. The maximum atomic E-state index is 12.8. The summed E-state index contributed by atoms with van der Waals surface area (Å²) in [5, 5.41) is 13.8. The molecular formula is C19H24N6OS2. The van der Waals surface area contributed by atoms with Crippen LogP contribution in [-0.2, 0) is 4.79 Å². The Balaban J connectivity index is 1.39. The van der Waals surface area contributed by atoms with Crippen molar-refractivity contribution in [1.29, 1.82) is 0 Å². The lowest BCUT2D eigenvalue weighted by molar-refractivity contribution is -0.128. The van der Waals surface area contributed by atoms with E-state index in [1.165, 1.54) is 31.0 Å². The molecule has 0 aliphatic heterocycles. The zero-order valence-corrected chi connectivity index (χ0v) is 17.7. The van der Waals surface area contributed by atoms with Crippen molar-refractivity contribution >= 4 is 39.2 Å². The molecule has 1 aliphatic carbocycles. The van der Waals surface area contributed by atoms with Gasteiger partial charge < -0.3 is 4.90 Å². The minimum atomic E-state index is -0.0696. The lowest BCUT2D eigenvalue weighted by atomic mass is 9.96. The molecule has 7 nitrogen and oxygen atoms in total. The molecule has 1 saturated carbocycles. The minimum absolute atomic E-state index is 0.0509. The highest BCUT2D eigenvalue weighted by atomic mass is 32.2. The Kier molecular flexibility index (Phi) is 5.91. The van der Waals surface area contributed by atoms with E-state index in [1.54, 1.807) is 16.2 Å². The number of para-hydroxylation sites is 1. The fourth-order valence-electron chi connectivity index (χ4n) is 3.51. The number of aromatic nitrogens is 5. The summed E-state index contributed by atoms with van der Waals surface area (Å²) in [6.07, 6.45) is 5.95. The van der Waals surface area contributed by atoms with E-state index >= 15 is 0 Å². The van der Waals surface area contributed by atoms with Crippen LogP contribution in [0.5, 0.6) is 0 Å². The van der Waals surface area contributed by atoms with E-state index in [0.29, 0.717) is 11.8 Å². The van der Waals surface area contributed by atoms with E-state index in [-0.39, 0.29) is 11.9 Å². The van der Waals surface area contributed by atoms with Crippen LogP contribution in [0.1, 0.15) is 56.1 Å². The number of benzene rings is 1. The average molecular weight is 417 g/mol. The summed E-state index contributed by atoms with van der Waals surface area (Å²) in [7, 11) is 1.84. The number of amides is 1. The zero-order chi connectivity index (χ0) is 19.5. The van der Waals surface area contributed by atoms with E-state index in [2.05, 4.69) is 26.6 Å². The molecular weight excluding hydrogens is 392 g/mol. The molecule has 0 N–H and O–H groups in total. The molecule has 2 aromatic heterocycles.